The van der Waals surface area contributed by atoms with Crippen LogP contribution in [0, 0.1) is 25.2 Å². The fraction of sp³-hybridized carbons (Fsp3) is 0.192. The number of hydrogen-bond acceptors (Lipinski definition) is 5. The lowest BCUT2D eigenvalue weighted by Gasteiger charge is -2.14. The first-order valence-electron chi connectivity index (χ1n) is 10.9. The van der Waals surface area contributed by atoms with Crippen LogP contribution in [-0.4, -0.2) is 20.9 Å². The number of benzene rings is 2. The van der Waals surface area contributed by atoms with Crippen molar-refractivity contribution in [2.45, 2.75) is 33.0 Å². The number of halogens is 5. The lowest BCUT2D eigenvalue weighted by atomic mass is 10.0. The van der Waals surface area contributed by atoms with E-state index in [2.05, 4.69) is 16.8 Å². The summed E-state index contributed by atoms with van der Waals surface area (Å²) in [5.74, 6) is 0.975. The molecule has 0 aliphatic carbocycles. The highest BCUT2D eigenvalue weighted by Crippen LogP contribution is 2.38. The molecule has 0 aliphatic rings. The molecule has 2 aromatic carbocycles. The number of ether oxygens (including phenoxy) is 1. The summed E-state index contributed by atoms with van der Waals surface area (Å²) in [5.41, 5.74) is 2.82. The topological polar surface area (TPSA) is 76.9 Å². The number of aromatic nitrogens is 3. The summed E-state index contributed by atoms with van der Waals surface area (Å²) in [4.78, 5) is 0. The van der Waals surface area contributed by atoms with Crippen LogP contribution in [0.25, 0.3) is 17.5 Å². The molecule has 0 radical (unpaired) electrons. The van der Waals surface area contributed by atoms with E-state index in [0.29, 0.717) is 55.2 Å². The van der Waals surface area contributed by atoms with Crippen LogP contribution in [0.3, 0.4) is 0 Å². The average Bonchev–Trinajstić information content (AvgIpc) is 3.39. The van der Waals surface area contributed by atoms with E-state index < -0.39 is 12.7 Å². The van der Waals surface area contributed by atoms with Crippen molar-refractivity contribution in [1.82, 2.24) is 14.8 Å². The summed E-state index contributed by atoms with van der Waals surface area (Å²) in [6.07, 6.45) is -2.61. The van der Waals surface area contributed by atoms with Crippen molar-refractivity contribution in [3.63, 3.8) is 0 Å². The van der Waals surface area contributed by atoms with E-state index in [0.717, 1.165) is 4.57 Å². The molecule has 4 rings (SSSR count). The van der Waals surface area contributed by atoms with Gasteiger partial charge in [-0.05, 0) is 49.7 Å². The minimum atomic E-state index is -4.36. The van der Waals surface area contributed by atoms with Crippen molar-refractivity contribution >= 4 is 29.3 Å². The Kier molecular flexibility index (Phi) is 7.35. The summed E-state index contributed by atoms with van der Waals surface area (Å²) in [6.45, 7) is 5.91. The van der Waals surface area contributed by atoms with Gasteiger partial charge in [-0.25, -0.2) is 0 Å². The Morgan fingerprint density at radius 2 is 1.92 bits per heavy atom. The zero-order valence-electron chi connectivity index (χ0n) is 19.7. The van der Waals surface area contributed by atoms with Crippen LogP contribution >= 0.6 is 23.2 Å². The molecule has 0 atom stereocenters. The molecule has 6 nitrogen and oxygen atoms in total. The van der Waals surface area contributed by atoms with Crippen LogP contribution in [0.5, 0.6) is 11.5 Å². The molecule has 0 N–H and O–H groups in total. The molecule has 11 heteroatoms. The normalized spacial score (nSPS) is 11.4. The average molecular weight is 547 g/mol. The van der Waals surface area contributed by atoms with Gasteiger partial charge in [0.25, 0.3) is 0 Å². The van der Waals surface area contributed by atoms with Gasteiger partial charge in [0, 0.05) is 22.0 Å². The van der Waals surface area contributed by atoms with E-state index >= 15 is 0 Å². The monoisotopic (exact) mass is 546 g/mol. The fourth-order valence-corrected chi connectivity index (χ4v) is 4.36. The number of aryl methyl sites for hydroxylation is 1. The molecular weight excluding hydrogens is 528 g/mol. The third-order valence-electron chi connectivity index (χ3n) is 5.61. The van der Waals surface area contributed by atoms with Crippen LogP contribution < -0.4 is 4.74 Å². The number of rotatable bonds is 7. The first-order valence-corrected chi connectivity index (χ1v) is 11.6. The highest BCUT2D eigenvalue weighted by Gasteiger charge is 2.30. The summed E-state index contributed by atoms with van der Waals surface area (Å²) < 4.78 is 51.8. The summed E-state index contributed by atoms with van der Waals surface area (Å²) >= 11 is 12.5. The Bertz CT molecular complexity index is 1530. The second-order valence-corrected chi connectivity index (χ2v) is 9.05. The number of nitrogens with zero attached hydrogens (tertiary/aromatic N) is 4. The van der Waals surface area contributed by atoms with E-state index in [1.807, 2.05) is 6.07 Å². The predicted molar refractivity (Wildman–Crippen MR) is 134 cm³/mol. The highest BCUT2D eigenvalue weighted by molar-refractivity contribution is 6.32. The van der Waals surface area contributed by atoms with Crippen LogP contribution in [0.1, 0.15) is 34.0 Å². The van der Waals surface area contributed by atoms with Crippen molar-refractivity contribution in [3.05, 3.63) is 87.0 Å². The lowest BCUT2D eigenvalue weighted by molar-refractivity contribution is -0.141. The zero-order valence-corrected chi connectivity index (χ0v) is 21.2. The molecule has 0 bridgehead atoms. The van der Waals surface area contributed by atoms with E-state index in [1.54, 1.807) is 44.2 Å². The maximum atomic E-state index is 13.0. The fourth-order valence-electron chi connectivity index (χ4n) is 3.94. The number of nitriles is 1. The first kappa shape index (κ1) is 26.3. The smallest absolute Gasteiger partial charge is 0.406 e. The molecule has 0 aliphatic heterocycles. The second-order valence-electron chi connectivity index (χ2n) is 8.21. The summed E-state index contributed by atoms with van der Waals surface area (Å²) in [5, 5.41) is 18.0. The van der Waals surface area contributed by atoms with Crippen molar-refractivity contribution in [1.29, 1.82) is 5.26 Å². The minimum Gasteiger partial charge on any atom is -0.455 e. The standard InChI is InChI=1S/C26H19Cl2F3N4O2/c1-4-20-17(5-6-22(28)24(20)36-19-9-16(12-32)8-18(27)11-19)10-23-33-34-25(37-23)21-7-14(2)35(15(21)3)13-26(29,30)31/h4-9,11H,1,10,13H2,2-3H3. The Hall–Kier alpha value is -3.74. The molecule has 0 amide bonds. The Labute approximate surface area is 220 Å². The van der Waals surface area contributed by atoms with Crippen molar-refractivity contribution in [2.24, 2.45) is 0 Å². The Morgan fingerprint density at radius 1 is 1.16 bits per heavy atom. The Morgan fingerprint density at radius 3 is 2.59 bits per heavy atom. The van der Waals surface area contributed by atoms with Gasteiger partial charge in [0.1, 0.15) is 12.3 Å². The summed E-state index contributed by atoms with van der Waals surface area (Å²) in [6, 6.07) is 11.6. The Balaban J connectivity index is 1.64. The number of alkyl halides is 3. The van der Waals surface area contributed by atoms with Gasteiger partial charge in [-0.3, -0.25) is 0 Å². The maximum absolute atomic E-state index is 13.0. The van der Waals surface area contributed by atoms with E-state index in [9.17, 15) is 18.4 Å². The lowest BCUT2D eigenvalue weighted by Crippen LogP contribution is -2.19. The second kappa shape index (κ2) is 10.3. The quantitative estimate of drug-likeness (QED) is 0.235. The van der Waals surface area contributed by atoms with Crippen LogP contribution in [-0.2, 0) is 13.0 Å². The van der Waals surface area contributed by atoms with Gasteiger partial charge in [0.05, 0.1) is 28.6 Å². The maximum Gasteiger partial charge on any atom is 0.406 e. The molecule has 4 aromatic rings. The largest absolute Gasteiger partial charge is 0.455 e. The van der Waals surface area contributed by atoms with E-state index in [1.165, 1.54) is 12.1 Å². The molecular formula is C26H19Cl2F3N4O2. The SMILES string of the molecule is C=Cc1c(Cc2nnc(-c3cc(C)n(CC(F)(F)F)c3C)o2)ccc(Cl)c1Oc1cc(Cl)cc(C#N)c1. The van der Waals surface area contributed by atoms with Gasteiger partial charge >= 0.3 is 6.18 Å². The molecule has 37 heavy (non-hydrogen) atoms. The zero-order chi connectivity index (χ0) is 26.9. The molecule has 0 fully saturated rings. The predicted octanol–water partition coefficient (Wildman–Crippen LogP) is 7.92. The molecule has 0 saturated carbocycles. The van der Waals surface area contributed by atoms with Gasteiger partial charge in [0.2, 0.25) is 11.8 Å². The van der Waals surface area contributed by atoms with Crippen molar-refractivity contribution in [3.8, 4) is 29.0 Å². The van der Waals surface area contributed by atoms with Crippen LogP contribution in [0.15, 0.2) is 47.4 Å². The van der Waals surface area contributed by atoms with Gasteiger partial charge in [0.15, 0.2) is 5.75 Å². The van der Waals surface area contributed by atoms with Crippen LogP contribution in [0.4, 0.5) is 13.2 Å². The van der Waals surface area contributed by atoms with Crippen molar-refractivity contribution < 1.29 is 22.3 Å². The third-order valence-corrected chi connectivity index (χ3v) is 6.13. The molecule has 2 heterocycles. The minimum absolute atomic E-state index is 0.116. The van der Waals surface area contributed by atoms with Gasteiger partial charge in [-0.1, -0.05) is 41.9 Å². The molecule has 0 unspecified atom stereocenters. The molecule has 0 spiro atoms. The van der Waals surface area contributed by atoms with E-state index in [4.69, 9.17) is 32.4 Å². The van der Waals surface area contributed by atoms with Crippen LogP contribution in [0.2, 0.25) is 10.0 Å². The first-order chi connectivity index (χ1) is 17.5. The molecule has 2 aromatic heterocycles. The molecule has 190 valence electrons. The molecule has 0 saturated heterocycles. The van der Waals surface area contributed by atoms with Crippen molar-refractivity contribution in [2.75, 3.05) is 0 Å². The van der Waals surface area contributed by atoms with Gasteiger partial charge in [-0.15, -0.1) is 10.2 Å². The van der Waals surface area contributed by atoms with Gasteiger partial charge in [-0.2, -0.15) is 18.4 Å². The van der Waals surface area contributed by atoms with Gasteiger partial charge < -0.3 is 13.7 Å². The van der Waals surface area contributed by atoms with E-state index in [-0.39, 0.29) is 18.2 Å². The third kappa shape index (κ3) is 5.82. The highest BCUT2D eigenvalue weighted by atomic mass is 35.5. The summed E-state index contributed by atoms with van der Waals surface area (Å²) in [7, 11) is 0. The number of hydrogen-bond donors (Lipinski definition) is 0.